The molecular weight excluding hydrogens is 362 g/mol. The lowest BCUT2D eigenvalue weighted by Gasteiger charge is -2.11. The summed E-state index contributed by atoms with van der Waals surface area (Å²) in [7, 11) is -3.69. The molecule has 134 valence electrons. The fourth-order valence-corrected chi connectivity index (χ4v) is 3.32. The molecule has 0 aliphatic rings. The fourth-order valence-electron chi connectivity index (χ4n) is 2.05. The van der Waals surface area contributed by atoms with Gasteiger partial charge in [-0.05, 0) is 49.2 Å². The molecule has 2 aromatic rings. The molecule has 25 heavy (non-hydrogen) atoms. The van der Waals surface area contributed by atoms with Crippen LogP contribution in [0.5, 0.6) is 0 Å². The summed E-state index contributed by atoms with van der Waals surface area (Å²) >= 11 is 5.54. The van der Waals surface area contributed by atoms with E-state index >= 15 is 0 Å². The van der Waals surface area contributed by atoms with E-state index in [0.29, 0.717) is 30.2 Å². The number of aryl methyl sites for hydroxylation is 1. The molecule has 0 aliphatic heterocycles. The Bertz CT molecular complexity index is 823. The Hall–Kier alpha value is -2.25. The van der Waals surface area contributed by atoms with Crippen LogP contribution in [0.2, 0.25) is 0 Å². The highest BCUT2D eigenvalue weighted by molar-refractivity contribution is 7.92. The van der Waals surface area contributed by atoms with Crippen LogP contribution in [-0.4, -0.2) is 26.9 Å². The zero-order valence-electron chi connectivity index (χ0n) is 13.8. The third-order valence-electron chi connectivity index (χ3n) is 3.41. The standard InChI is InChI=1S/C17H20ClN3O3S/c1-13-5-2-3-6-16(13)21-25(23,24)15-9-7-14(8-10-15)20-17(22)19-12-4-11-18/h2-3,5-10,21H,4,11-12H2,1H3,(H2,19,20,22). The van der Waals surface area contributed by atoms with Crippen molar-refractivity contribution in [2.45, 2.75) is 18.2 Å². The van der Waals surface area contributed by atoms with Crippen LogP contribution in [0.15, 0.2) is 53.4 Å². The van der Waals surface area contributed by atoms with Crippen molar-refractivity contribution in [2.75, 3.05) is 22.5 Å². The number of hydrogen-bond acceptors (Lipinski definition) is 3. The van der Waals surface area contributed by atoms with Crippen molar-refractivity contribution in [2.24, 2.45) is 0 Å². The van der Waals surface area contributed by atoms with Gasteiger partial charge < -0.3 is 10.6 Å². The molecule has 2 rings (SSSR count). The summed E-state index contributed by atoms with van der Waals surface area (Å²) < 4.78 is 27.4. The minimum atomic E-state index is -3.69. The summed E-state index contributed by atoms with van der Waals surface area (Å²) in [5.74, 6) is 0.473. The van der Waals surface area contributed by atoms with Gasteiger partial charge in [0.1, 0.15) is 0 Å². The van der Waals surface area contributed by atoms with Crippen LogP contribution in [0.1, 0.15) is 12.0 Å². The second kappa shape index (κ2) is 8.73. The molecule has 0 radical (unpaired) electrons. The number of benzene rings is 2. The van der Waals surface area contributed by atoms with Gasteiger partial charge in [0.15, 0.2) is 0 Å². The van der Waals surface area contributed by atoms with Crippen LogP contribution in [-0.2, 0) is 10.0 Å². The molecule has 0 heterocycles. The maximum atomic E-state index is 12.4. The van der Waals surface area contributed by atoms with Gasteiger partial charge in [-0.25, -0.2) is 13.2 Å². The summed E-state index contributed by atoms with van der Waals surface area (Å²) in [6.07, 6.45) is 0.677. The topological polar surface area (TPSA) is 87.3 Å². The summed E-state index contributed by atoms with van der Waals surface area (Å²) in [5.41, 5.74) is 1.86. The number of hydrogen-bond donors (Lipinski definition) is 3. The van der Waals surface area contributed by atoms with Crippen molar-refractivity contribution in [3.8, 4) is 0 Å². The van der Waals surface area contributed by atoms with Crippen LogP contribution in [0.3, 0.4) is 0 Å². The summed E-state index contributed by atoms with van der Waals surface area (Å²) in [5, 5.41) is 5.28. The molecule has 0 saturated carbocycles. The van der Waals surface area contributed by atoms with Crippen molar-refractivity contribution in [3.05, 3.63) is 54.1 Å². The number of alkyl halides is 1. The lowest BCUT2D eigenvalue weighted by molar-refractivity contribution is 0.252. The van der Waals surface area contributed by atoms with Crippen LogP contribution in [0.25, 0.3) is 0 Å². The normalized spacial score (nSPS) is 11.0. The van der Waals surface area contributed by atoms with E-state index < -0.39 is 10.0 Å². The zero-order valence-corrected chi connectivity index (χ0v) is 15.3. The SMILES string of the molecule is Cc1ccccc1NS(=O)(=O)c1ccc(NC(=O)NCCCCl)cc1. The fraction of sp³-hybridized carbons (Fsp3) is 0.235. The molecule has 2 amide bonds. The van der Waals surface area contributed by atoms with E-state index in [9.17, 15) is 13.2 Å². The number of halogens is 1. The number of amides is 2. The van der Waals surface area contributed by atoms with Crippen molar-refractivity contribution < 1.29 is 13.2 Å². The summed E-state index contributed by atoms with van der Waals surface area (Å²) in [4.78, 5) is 11.8. The number of carbonyl (C=O) groups excluding carboxylic acids is 1. The molecule has 6 nitrogen and oxygen atoms in total. The average Bonchev–Trinajstić information content (AvgIpc) is 2.57. The number of urea groups is 1. The van der Waals surface area contributed by atoms with Gasteiger partial charge in [-0.1, -0.05) is 18.2 Å². The van der Waals surface area contributed by atoms with E-state index in [4.69, 9.17) is 11.6 Å². The Balaban J connectivity index is 2.03. The van der Waals surface area contributed by atoms with Crippen LogP contribution < -0.4 is 15.4 Å². The van der Waals surface area contributed by atoms with E-state index in [1.165, 1.54) is 24.3 Å². The second-order valence-electron chi connectivity index (χ2n) is 5.37. The van der Waals surface area contributed by atoms with Gasteiger partial charge in [0, 0.05) is 18.1 Å². The second-order valence-corrected chi connectivity index (χ2v) is 7.43. The van der Waals surface area contributed by atoms with Crippen LogP contribution in [0, 0.1) is 6.92 Å². The van der Waals surface area contributed by atoms with Gasteiger partial charge >= 0.3 is 6.03 Å². The molecule has 0 aromatic heterocycles. The number of sulfonamides is 1. The Kier molecular flexibility index (Phi) is 6.66. The maximum Gasteiger partial charge on any atom is 0.319 e. The number of nitrogens with one attached hydrogen (secondary N) is 3. The van der Waals surface area contributed by atoms with Crippen molar-refractivity contribution >= 4 is 39.0 Å². The largest absolute Gasteiger partial charge is 0.338 e. The van der Waals surface area contributed by atoms with Gasteiger partial charge in [0.05, 0.1) is 10.6 Å². The predicted octanol–water partition coefficient (Wildman–Crippen LogP) is 3.55. The Morgan fingerprint density at radius 3 is 2.40 bits per heavy atom. The molecule has 0 unspecified atom stereocenters. The molecule has 0 aliphatic carbocycles. The van der Waals surface area contributed by atoms with E-state index in [2.05, 4.69) is 15.4 Å². The summed E-state index contributed by atoms with van der Waals surface area (Å²) in [6, 6.07) is 12.7. The van der Waals surface area contributed by atoms with Gasteiger partial charge in [0.2, 0.25) is 0 Å². The number of anilines is 2. The number of rotatable bonds is 7. The molecule has 0 bridgehead atoms. The van der Waals surface area contributed by atoms with Gasteiger partial charge in [-0.3, -0.25) is 4.72 Å². The first kappa shape index (κ1) is 19.1. The van der Waals surface area contributed by atoms with Crippen LogP contribution in [0.4, 0.5) is 16.2 Å². The highest BCUT2D eigenvalue weighted by Gasteiger charge is 2.15. The molecule has 0 spiro atoms. The first-order valence-corrected chi connectivity index (χ1v) is 9.73. The average molecular weight is 382 g/mol. The van der Waals surface area contributed by atoms with E-state index in [1.807, 2.05) is 19.1 Å². The molecule has 0 atom stereocenters. The third kappa shape index (κ3) is 5.65. The highest BCUT2D eigenvalue weighted by Crippen LogP contribution is 2.20. The molecule has 8 heteroatoms. The smallest absolute Gasteiger partial charge is 0.319 e. The lowest BCUT2D eigenvalue weighted by Crippen LogP contribution is -2.29. The lowest BCUT2D eigenvalue weighted by atomic mass is 10.2. The first-order valence-electron chi connectivity index (χ1n) is 7.72. The summed E-state index contributed by atoms with van der Waals surface area (Å²) in [6.45, 7) is 2.30. The maximum absolute atomic E-state index is 12.4. The number of carbonyl (C=O) groups is 1. The molecule has 0 fully saturated rings. The first-order chi connectivity index (χ1) is 11.9. The monoisotopic (exact) mass is 381 g/mol. The van der Waals surface area contributed by atoms with E-state index in [0.717, 1.165) is 5.56 Å². The molecule has 0 saturated heterocycles. The predicted molar refractivity (Wildman–Crippen MR) is 101 cm³/mol. The molecule has 3 N–H and O–H groups in total. The van der Waals surface area contributed by atoms with E-state index in [1.54, 1.807) is 12.1 Å². The Morgan fingerprint density at radius 1 is 1.08 bits per heavy atom. The minimum absolute atomic E-state index is 0.115. The van der Waals surface area contributed by atoms with Crippen molar-refractivity contribution in [1.29, 1.82) is 0 Å². The van der Waals surface area contributed by atoms with Gasteiger partial charge in [-0.2, -0.15) is 0 Å². The quantitative estimate of drug-likeness (QED) is 0.506. The van der Waals surface area contributed by atoms with Crippen LogP contribution >= 0.6 is 11.6 Å². The Morgan fingerprint density at radius 2 is 1.76 bits per heavy atom. The molecular formula is C17H20ClN3O3S. The van der Waals surface area contributed by atoms with Crippen molar-refractivity contribution in [3.63, 3.8) is 0 Å². The zero-order chi connectivity index (χ0) is 18.3. The Labute approximate surface area is 152 Å². The highest BCUT2D eigenvalue weighted by atomic mass is 35.5. The molecule has 2 aromatic carbocycles. The van der Waals surface area contributed by atoms with Gasteiger partial charge in [0.25, 0.3) is 10.0 Å². The minimum Gasteiger partial charge on any atom is -0.338 e. The third-order valence-corrected chi connectivity index (χ3v) is 5.06. The van der Waals surface area contributed by atoms with Gasteiger partial charge in [-0.15, -0.1) is 11.6 Å². The number of para-hydroxylation sites is 1. The van der Waals surface area contributed by atoms with Crippen molar-refractivity contribution in [1.82, 2.24) is 5.32 Å². The van der Waals surface area contributed by atoms with E-state index in [-0.39, 0.29) is 10.9 Å².